The SMILES string of the molecule is OC(c1ccc2c(c1)OCCO2)c1cnc(C(F)(F)F)s1. The number of ether oxygens (including phenoxy) is 2. The van der Waals surface area contributed by atoms with E-state index in [0.29, 0.717) is 41.6 Å². The Balaban J connectivity index is 1.88. The van der Waals surface area contributed by atoms with Crippen molar-refractivity contribution in [2.24, 2.45) is 0 Å². The van der Waals surface area contributed by atoms with Crippen molar-refractivity contribution in [2.75, 3.05) is 13.2 Å². The Bertz CT molecular complexity index is 656. The average molecular weight is 317 g/mol. The van der Waals surface area contributed by atoms with Crippen LogP contribution in [-0.4, -0.2) is 23.3 Å². The van der Waals surface area contributed by atoms with Crippen LogP contribution in [0.2, 0.25) is 0 Å². The van der Waals surface area contributed by atoms with Gasteiger partial charge in [0.1, 0.15) is 19.3 Å². The molecule has 1 aliphatic heterocycles. The topological polar surface area (TPSA) is 51.6 Å². The highest BCUT2D eigenvalue weighted by Crippen LogP contribution is 2.38. The summed E-state index contributed by atoms with van der Waals surface area (Å²) >= 11 is 0.422. The Morgan fingerprint density at radius 3 is 2.57 bits per heavy atom. The number of nitrogens with zero attached hydrogens (tertiary/aromatic N) is 1. The van der Waals surface area contributed by atoms with Crippen LogP contribution in [0.4, 0.5) is 13.2 Å². The molecule has 21 heavy (non-hydrogen) atoms. The van der Waals surface area contributed by atoms with Crippen molar-refractivity contribution in [2.45, 2.75) is 12.3 Å². The van der Waals surface area contributed by atoms with E-state index in [4.69, 9.17) is 9.47 Å². The zero-order valence-electron chi connectivity index (χ0n) is 10.6. The summed E-state index contributed by atoms with van der Waals surface area (Å²) in [6.07, 6.45) is -4.65. The van der Waals surface area contributed by atoms with Gasteiger partial charge in [-0.15, -0.1) is 11.3 Å². The zero-order valence-corrected chi connectivity index (χ0v) is 11.4. The summed E-state index contributed by atoms with van der Waals surface area (Å²) in [6.45, 7) is 0.837. The molecule has 0 spiro atoms. The molecule has 0 fully saturated rings. The van der Waals surface area contributed by atoms with Crippen molar-refractivity contribution in [3.8, 4) is 11.5 Å². The highest BCUT2D eigenvalue weighted by molar-refractivity contribution is 7.11. The van der Waals surface area contributed by atoms with Crippen LogP contribution >= 0.6 is 11.3 Å². The van der Waals surface area contributed by atoms with Gasteiger partial charge in [-0.2, -0.15) is 13.2 Å². The average Bonchev–Trinajstić information content (AvgIpc) is 2.96. The molecule has 4 nitrogen and oxygen atoms in total. The van der Waals surface area contributed by atoms with Crippen molar-refractivity contribution in [3.05, 3.63) is 39.8 Å². The number of hydrogen-bond donors (Lipinski definition) is 1. The third kappa shape index (κ3) is 2.81. The van der Waals surface area contributed by atoms with Crippen LogP contribution in [0.3, 0.4) is 0 Å². The van der Waals surface area contributed by atoms with E-state index in [1.165, 1.54) is 0 Å². The third-order valence-electron chi connectivity index (χ3n) is 2.92. The molecule has 0 bridgehead atoms. The number of thiazole rings is 1. The number of aliphatic hydroxyl groups excluding tert-OH is 1. The van der Waals surface area contributed by atoms with E-state index in [1.807, 2.05) is 0 Å². The van der Waals surface area contributed by atoms with Gasteiger partial charge in [0.2, 0.25) is 0 Å². The van der Waals surface area contributed by atoms with E-state index in [2.05, 4.69) is 4.98 Å². The van der Waals surface area contributed by atoms with Crippen LogP contribution in [0.25, 0.3) is 0 Å². The summed E-state index contributed by atoms with van der Waals surface area (Å²) in [6, 6.07) is 4.77. The second-order valence-electron chi connectivity index (χ2n) is 4.37. The lowest BCUT2D eigenvalue weighted by Gasteiger charge is -2.19. The van der Waals surface area contributed by atoms with Gasteiger partial charge in [0.25, 0.3) is 0 Å². The van der Waals surface area contributed by atoms with Gasteiger partial charge in [-0.25, -0.2) is 4.98 Å². The van der Waals surface area contributed by atoms with Crippen LogP contribution in [0.1, 0.15) is 21.6 Å². The molecule has 0 aliphatic carbocycles. The van der Waals surface area contributed by atoms with Crippen molar-refractivity contribution >= 4 is 11.3 Å². The van der Waals surface area contributed by atoms with Gasteiger partial charge in [-0.1, -0.05) is 6.07 Å². The third-order valence-corrected chi connectivity index (χ3v) is 4.01. The second-order valence-corrected chi connectivity index (χ2v) is 5.43. The Hall–Kier alpha value is -1.80. The molecule has 2 heterocycles. The lowest BCUT2D eigenvalue weighted by atomic mass is 10.1. The molecule has 1 aromatic heterocycles. The smallest absolute Gasteiger partial charge is 0.443 e. The molecule has 8 heteroatoms. The summed E-state index contributed by atoms with van der Waals surface area (Å²) in [5.41, 5.74) is 0.427. The second kappa shape index (κ2) is 5.19. The molecule has 112 valence electrons. The maximum absolute atomic E-state index is 12.5. The predicted octanol–water partition coefficient (Wildman–Crippen LogP) is 3.01. The van der Waals surface area contributed by atoms with Gasteiger partial charge >= 0.3 is 6.18 Å². The van der Waals surface area contributed by atoms with Crippen molar-refractivity contribution in [1.82, 2.24) is 4.98 Å². The van der Waals surface area contributed by atoms with Crippen LogP contribution in [-0.2, 0) is 6.18 Å². The van der Waals surface area contributed by atoms with E-state index in [-0.39, 0.29) is 4.88 Å². The quantitative estimate of drug-likeness (QED) is 0.925. The van der Waals surface area contributed by atoms with Gasteiger partial charge in [0.15, 0.2) is 16.5 Å². The maximum Gasteiger partial charge on any atom is 0.443 e. The first-order valence-corrected chi connectivity index (χ1v) is 6.87. The number of benzene rings is 1. The summed E-state index contributed by atoms with van der Waals surface area (Å²) in [4.78, 5) is 3.42. The molecule has 2 aromatic rings. The Morgan fingerprint density at radius 2 is 1.90 bits per heavy atom. The molecule has 1 N–H and O–H groups in total. The lowest BCUT2D eigenvalue weighted by molar-refractivity contribution is -0.137. The summed E-state index contributed by atoms with van der Waals surface area (Å²) in [5.74, 6) is 1.02. The minimum absolute atomic E-state index is 0.124. The van der Waals surface area contributed by atoms with E-state index >= 15 is 0 Å². The van der Waals surface area contributed by atoms with Crippen molar-refractivity contribution in [3.63, 3.8) is 0 Å². The molecule has 0 saturated carbocycles. The highest BCUT2D eigenvalue weighted by Gasteiger charge is 2.35. The number of rotatable bonds is 2. The number of halogens is 3. The van der Waals surface area contributed by atoms with E-state index < -0.39 is 17.3 Å². The molecule has 1 atom stereocenters. The fourth-order valence-electron chi connectivity index (χ4n) is 1.94. The first kappa shape index (κ1) is 14.2. The summed E-state index contributed by atoms with van der Waals surface area (Å²) in [5, 5.41) is 9.20. The summed E-state index contributed by atoms with van der Waals surface area (Å²) < 4.78 is 48.3. The number of aromatic nitrogens is 1. The number of hydrogen-bond acceptors (Lipinski definition) is 5. The van der Waals surface area contributed by atoms with Gasteiger partial charge in [-0.3, -0.25) is 0 Å². The lowest BCUT2D eigenvalue weighted by Crippen LogP contribution is -2.15. The number of alkyl halides is 3. The minimum atomic E-state index is -4.50. The van der Waals surface area contributed by atoms with Crippen molar-refractivity contribution in [1.29, 1.82) is 0 Å². The molecule has 3 rings (SSSR count). The predicted molar refractivity (Wildman–Crippen MR) is 68.6 cm³/mol. The first-order chi connectivity index (χ1) is 9.95. The van der Waals surface area contributed by atoms with Crippen LogP contribution in [0.15, 0.2) is 24.4 Å². The van der Waals surface area contributed by atoms with Crippen LogP contribution in [0.5, 0.6) is 11.5 Å². The first-order valence-electron chi connectivity index (χ1n) is 6.05. The molecule has 1 aromatic carbocycles. The molecule has 1 unspecified atom stereocenters. The fourth-order valence-corrected chi connectivity index (χ4v) is 2.74. The van der Waals surface area contributed by atoms with Gasteiger partial charge < -0.3 is 14.6 Å². The van der Waals surface area contributed by atoms with E-state index in [0.717, 1.165) is 6.20 Å². The van der Waals surface area contributed by atoms with Crippen LogP contribution < -0.4 is 9.47 Å². The van der Waals surface area contributed by atoms with Crippen molar-refractivity contribution < 1.29 is 27.8 Å². The van der Waals surface area contributed by atoms with Gasteiger partial charge in [-0.05, 0) is 17.7 Å². The highest BCUT2D eigenvalue weighted by atomic mass is 32.1. The van der Waals surface area contributed by atoms with E-state index in [1.54, 1.807) is 18.2 Å². The van der Waals surface area contributed by atoms with Gasteiger partial charge in [0, 0.05) is 6.20 Å². The normalized spacial score (nSPS) is 15.8. The minimum Gasteiger partial charge on any atom is -0.486 e. The zero-order chi connectivity index (χ0) is 15.0. The molecule has 1 aliphatic rings. The molecular formula is C13H10F3NO3S. The Kier molecular flexibility index (Phi) is 3.50. The Morgan fingerprint density at radius 1 is 1.19 bits per heavy atom. The summed E-state index contributed by atoms with van der Waals surface area (Å²) in [7, 11) is 0. The van der Waals surface area contributed by atoms with Crippen LogP contribution in [0, 0.1) is 0 Å². The largest absolute Gasteiger partial charge is 0.486 e. The maximum atomic E-state index is 12.5. The van der Waals surface area contributed by atoms with E-state index in [9.17, 15) is 18.3 Å². The Labute approximate surface area is 121 Å². The molecular weight excluding hydrogens is 307 g/mol. The number of fused-ring (bicyclic) bond motifs is 1. The standard InChI is InChI=1S/C13H10F3NO3S/c14-13(15,16)12-17-6-10(21-12)11(18)7-1-2-8-9(5-7)20-4-3-19-8/h1-2,5-6,11,18H,3-4H2. The fraction of sp³-hybridized carbons (Fsp3) is 0.308. The van der Waals surface area contributed by atoms with Gasteiger partial charge in [0.05, 0.1) is 4.88 Å². The molecule has 0 saturated heterocycles. The molecule has 0 amide bonds. The molecule has 0 radical (unpaired) electrons. The number of aliphatic hydroxyl groups is 1. The monoisotopic (exact) mass is 317 g/mol.